The number of nitrogens with zero attached hydrogens (tertiary/aromatic N) is 5. The van der Waals surface area contributed by atoms with Gasteiger partial charge in [-0.3, -0.25) is 0 Å². The van der Waals surface area contributed by atoms with E-state index in [2.05, 4.69) is 26.0 Å². The van der Waals surface area contributed by atoms with Gasteiger partial charge in [0, 0.05) is 5.02 Å². The van der Waals surface area contributed by atoms with Crippen LogP contribution in [-0.2, 0) is 21.7 Å². The van der Waals surface area contributed by atoms with Crippen molar-refractivity contribution in [3.05, 3.63) is 45.8 Å². The minimum Gasteiger partial charge on any atom is -0.394 e. The largest absolute Gasteiger partial charge is 0.394 e. The molecule has 0 radical (unpaired) electrons. The van der Waals surface area contributed by atoms with Gasteiger partial charge >= 0.3 is 0 Å². The van der Waals surface area contributed by atoms with Gasteiger partial charge in [0.05, 0.1) is 44.0 Å². The van der Waals surface area contributed by atoms with Gasteiger partial charge in [0.25, 0.3) is 0 Å². The van der Waals surface area contributed by atoms with Crippen molar-refractivity contribution in [2.75, 3.05) is 24.6 Å². The van der Waals surface area contributed by atoms with Gasteiger partial charge in [-0.15, -0.1) is 0 Å². The summed E-state index contributed by atoms with van der Waals surface area (Å²) in [7, 11) is 0. The van der Waals surface area contributed by atoms with Crippen molar-refractivity contribution >= 4 is 40.1 Å². The maximum absolute atomic E-state index is 9.35. The minimum atomic E-state index is -0.345. The van der Waals surface area contributed by atoms with Crippen LogP contribution in [0, 0.1) is 0 Å². The molecular weight excluding hydrogens is 453 g/mol. The number of halogens is 2. The smallest absolute Gasteiger partial charge is 0.226 e. The maximum Gasteiger partial charge on any atom is 0.226 e. The molecule has 1 N–H and O–H groups in total. The van der Waals surface area contributed by atoms with E-state index >= 15 is 0 Å². The van der Waals surface area contributed by atoms with E-state index in [-0.39, 0.29) is 29.8 Å². The second-order valence-corrected chi connectivity index (χ2v) is 8.83. The summed E-state index contributed by atoms with van der Waals surface area (Å²) in [6.07, 6.45) is 2.86. The van der Waals surface area contributed by atoms with Crippen molar-refractivity contribution in [2.24, 2.45) is 0 Å². The maximum atomic E-state index is 9.35. The lowest BCUT2D eigenvalue weighted by Crippen LogP contribution is -2.59. The highest BCUT2D eigenvalue weighted by molar-refractivity contribution is 6.30. The van der Waals surface area contributed by atoms with Crippen LogP contribution in [0.3, 0.4) is 0 Å². The number of ether oxygens (including phenoxy) is 2. The van der Waals surface area contributed by atoms with Gasteiger partial charge < -0.3 is 19.5 Å². The third-order valence-corrected chi connectivity index (χ3v) is 6.63. The molecule has 0 saturated carbocycles. The number of rotatable bonds is 3. The molecule has 0 bridgehead atoms. The van der Waals surface area contributed by atoms with Crippen molar-refractivity contribution in [3.63, 3.8) is 0 Å². The van der Waals surface area contributed by atoms with Crippen LogP contribution in [0.2, 0.25) is 10.3 Å². The molecule has 3 aliphatic heterocycles. The molecule has 8 nitrogen and oxygen atoms in total. The molecule has 2 aromatic heterocycles. The van der Waals surface area contributed by atoms with E-state index in [1.54, 1.807) is 10.9 Å². The molecule has 5 heterocycles. The summed E-state index contributed by atoms with van der Waals surface area (Å²) >= 11 is 12.4. The number of aromatic nitrogens is 4. The first-order valence-electron chi connectivity index (χ1n) is 10.9. The number of fused-ring (bicyclic) bond motifs is 3. The molecule has 170 valence electrons. The molecule has 1 spiro atoms. The van der Waals surface area contributed by atoms with Crippen LogP contribution >= 0.6 is 23.2 Å². The standard InChI is InChI=1S/C20H19Cl2N5O3.C2H6/c21-12-1-3-15-11(5-12)8-29-20(15)9-26(10-20)17-14-6-23-27(18(14)25-19(22)24-17)16-4-2-13(7-28)30-16;1-2/h1,3,5-6,13,16,28H,2,4,7-10H2;1-2H3. The van der Waals surface area contributed by atoms with Gasteiger partial charge in [-0.25, -0.2) is 4.68 Å². The summed E-state index contributed by atoms with van der Waals surface area (Å²) in [5.41, 5.74) is 2.61. The number of aliphatic hydroxyl groups excluding tert-OH is 1. The Balaban J connectivity index is 0.00000105. The molecule has 3 aromatic rings. The van der Waals surface area contributed by atoms with E-state index < -0.39 is 0 Å². The topological polar surface area (TPSA) is 85.5 Å². The highest BCUT2D eigenvalue weighted by atomic mass is 35.5. The summed E-state index contributed by atoms with van der Waals surface area (Å²) in [6.45, 7) is 5.90. The number of hydrogen-bond acceptors (Lipinski definition) is 7. The normalized spacial score (nSPS) is 23.2. The van der Waals surface area contributed by atoms with Gasteiger partial charge in [-0.05, 0) is 47.7 Å². The molecule has 0 amide bonds. The average molecular weight is 478 g/mol. The molecule has 2 fully saturated rings. The second-order valence-electron chi connectivity index (χ2n) is 8.06. The highest BCUT2D eigenvalue weighted by Crippen LogP contribution is 2.46. The average Bonchev–Trinajstić information content (AvgIpc) is 3.49. The molecule has 0 aliphatic carbocycles. The first kappa shape index (κ1) is 21.9. The van der Waals surface area contributed by atoms with Crippen LogP contribution in [0.5, 0.6) is 0 Å². The van der Waals surface area contributed by atoms with Crippen LogP contribution in [0.1, 0.15) is 44.0 Å². The molecule has 1 aromatic carbocycles. The van der Waals surface area contributed by atoms with E-state index in [0.717, 1.165) is 34.6 Å². The van der Waals surface area contributed by atoms with Crippen molar-refractivity contribution in [2.45, 2.75) is 51.2 Å². The third kappa shape index (κ3) is 3.45. The Kier molecular flexibility index (Phi) is 5.75. The van der Waals surface area contributed by atoms with Crippen LogP contribution in [0.4, 0.5) is 5.82 Å². The Morgan fingerprint density at radius 1 is 1.19 bits per heavy atom. The minimum absolute atomic E-state index is 0.000756. The highest BCUT2D eigenvalue weighted by Gasteiger charge is 2.51. The van der Waals surface area contributed by atoms with E-state index in [1.807, 2.05) is 26.0 Å². The lowest BCUT2D eigenvalue weighted by Gasteiger charge is -2.48. The van der Waals surface area contributed by atoms with Gasteiger partial charge in [-0.1, -0.05) is 31.5 Å². The van der Waals surface area contributed by atoms with E-state index in [4.69, 9.17) is 32.7 Å². The third-order valence-electron chi connectivity index (χ3n) is 6.22. The Morgan fingerprint density at radius 2 is 2.00 bits per heavy atom. The lowest BCUT2D eigenvalue weighted by atomic mass is 9.85. The first-order chi connectivity index (χ1) is 15.6. The monoisotopic (exact) mass is 477 g/mol. The van der Waals surface area contributed by atoms with E-state index in [1.165, 1.54) is 5.56 Å². The Labute approximate surface area is 196 Å². The van der Waals surface area contributed by atoms with Crippen LogP contribution in [-0.4, -0.2) is 50.7 Å². The SMILES string of the molecule is CC.OCC1CCC(n2ncc3c(N4CC5(C4)OCc4cc(Cl)ccc45)nc(Cl)nc32)O1. The predicted octanol–water partition coefficient (Wildman–Crippen LogP) is 4.07. The summed E-state index contributed by atoms with van der Waals surface area (Å²) < 4.78 is 13.8. The fourth-order valence-electron chi connectivity index (χ4n) is 4.74. The van der Waals surface area contributed by atoms with E-state index in [0.29, 0.717) is 25.3 Å². The molecule has 2 unspecified atom stereocenters. The summed E-state index contributed by atoms with van der Waals surface area (Å²) in [5.74, 6) is 0.740. The van der Waals surface area contributed by atoms with Crippen LogP contribution in [0.25, 0.3) is 11.0 Å². The quantitative estimate of drug-likeness (QED) is 0.568. The van der Waals surface area contributed by atoms with Crippen molar-refractivity contribution in [1.29, 1.82) is 0 Å². The summed E-state index contributed by atoms with van der Waals surface area (Å²) in [6, 6.07) is 5.93. The zero-order valence-corrected chi connectivity index (χ0v) is 19.5. The van der Waals surface area contributed by atoms with Crippen LogP contribution < -0.4 is 4.90 Å². The summed E-state index contributed by atoms with van der Waals surface area (Å²) in [5, 5.41) is 15.6. The Bertz CT molecular complexity index is 1150. The number of anilines is 1. The molecule has 2 saturated heterocycles. The number of benzene rings is 1. The zero-order chi connectivity index (χ0) is 22.5. The second kappa shape index (κ2) is 8.43. The van der Waals surface area contributed by atoms with Crippen LogP contribution in [0.15, 0.2) is 24.4 Å². The number of aliphatic hydroxyl groups is 1. The molecule has 3 aliphatic rings. The van der Waals surface area contributed by atoms with Crippen molar-refractivity contribution in [3.8, 4) is 0 Å². The Hall–Kier alpha value is -1.97. The first-order valence-corrected chi connectivity index (χ1v) is 11.7. The van der Waals surface area contributed by atoms with Gasteiger partial charge in [0.1, 0.15) is 11.4 Å². The molecule has 6 rings (SSSR count). The van der Waals surface area contributed by atoms with Gasteiger partial charge in [0.2, 0.25) is 5.28 Å². The summed E-state index contributed by atoms with van der Waals surface area (Å²) in [4.78, 5) is 11.0. The lowest BCUT2D eigenvalue weighted by molar-refractivity contribution is -0.0585. The molecule has 2 atom stereocenters. The fourth-order valence-corrected chi connectivity index (χ4v) is 5.09. The molecule has 10 heteroatoms. The van der Waals surface area contributed by atoms with Gasteiger partial charge in [-0.2, -0.15) is 15.1 Å². The van der Waals surface area contributed by atoms with Crippen molar-refractivity contribution < 1.29 is 14.6 Å². The number of hydrogen-bond donors (Lipinski definition) is 1. The fraction of sp³-hybridized carbons (Fsp3) is 0.500. The Morgan fingerprint density at radius 3 is 2.75 bits per heavy atom. The predicted molar refractivity (Wildman–Crippen MR) is 122 cm³/mol. The van der Waals surface area contributed by atoms with Gasteiger partial charge in [0.15, 0.2) is 11.9 Å². The van der Waals surface area contributed by atoms with E-state index in [9.17, 15) is 5.11 Å². The molecule has 32 heavy (non-hydrogen) atoms. The zero-order valence-electron chi connectivity index (χ0n) is 18.0. The molecular formula is C22H25Cl2N5O3. The van der Waals surface area contributed by atoms with Crippen molar-refractivity contribution in [1.82, 2.24) is 19.7 Å².